The summed E-state index contributed by atoms with van der Waals surface area (Å²) in [6.45, 7) is 9.84. The SMILES string of the molecule is CCN(NC(=O)[C@H](NC(C)=O)C(C)C)c1ccc(C)cc1. The van der Waals surface area contributed by atoms with Gasteiger partial charge in [0.15, 0.2) is 0 Å². The fourth-order valence-corrected chi connectivity index (χ4v) is 2.01. The minimum atomic E-state index is -0.540. The maximum Gasteiger partial charge on any atom is 0.261 e. The molecule has 0 aliphatic rings. The summed E-state index contributed by atoms with van der Waals surface area (Å²) in [7, 11) is 0. The average molecular weight is 291 g/mol. The van der Waals surface area contributed by atoms with Crippen LogP contribution >= 0.6 is 0 Å². The van der Waals surface area contributed by atoms with Crippen LogP contribution in [0.15, 0.2) is 24.3 Å². The average Bonchev–Trinajstić information content (AvgIpc) is 2.42. The van der Waals surface area contributed by atoms with E-state index in [4.69, 9.17) is 0 Å². The molecule has 0 radical (unpaired) electrons. The number of anilines is 1. The topological polar surface area (TPSA) is 61.4 Å². The summed E-state index contributed by atoms with van der Waals surface area (Å²) < 4.78 is 0. The van der Waals surface area contributed by atoms with Crippen molar-refractivity contribution in [3.8, 4) is 0 Å². The van der Waals surface area contributed by atoms with Gasteiger partial charge in [-0.15, -0.1) is 0 Å². The van der Waals surface area contributed by atoms with Crippen molar-refractivity contribution in [1.82, 2.24) is 10.7 Å². The summed E-state index contributed by atoms with van der Waals surface area (Å²) >= 11 is 0. The number of hydrogen-bond donors (Lipinski definition) is 2. The molecule has 0 bridgehead atoms. The Bertz CT molecular complexity index is 483. The Morgan fingerprint density at radius 1 is 1.19 bits per heavy atom. The van der Waals surface area contributed by atoms with Crippen molar-refractivity contribution in [1.29, 1.82) is 0 Å². The smallest absolute Gasteiger partial charge is 0.261 e. The van der Waals surface area contributed by atoms with E-state index < -0.39 is 6.04 Å². The van der Waals surface area contributed by atoms with Crippen molar-refractivity contribution < 1.29 is 9.59 Å². The molecule has 21 heavy (non-hydrogen) atoms. The number of aryl methyl sites for hydroxylation is 1. The summed E-state index contributed by atoms with van der Waals surface area (Å²) in [5.41, 5.74) is 4.95. The first kappa shape index (κ1) is 17.0. The Hall–Kier alpha value is -2.04. The zero-order chi connectivity index (χ0) is 16.0. The first-order valence-corrected chi connectivity index (χ1v) is 7.27. The lowest BCUT2D eigenvalue weighted by atomic mass is 10.0. The number of amides is 2. The normalized spacial score (nSPS) is 11.9. The summed E-state index contributed by atoms with van der Waals surface area (Å²) in [6.07, 6.45) is 0. The van der Waals surface area contributed by atoms with Crippen LogP contribution < -0.4 is 15.8 Å². The molecule has 2 N–H and O–H groups in total. The Kier molecular flexibility index (Phi) is 6.21. The zero-order valence-corrected chi connectivity index (χ0v) is 13.4. The van der Waals surface area contributed by atoms with Gasteiger partial charge in [-0.05, 0) is 31.9 Å². The molecule has 5 heteroatoms. The van der Waals surface area contributed by atoms with Gasteiger partial charge in [0.1, 0.15) is 6.04 Å². The number of nitrogens with zero attached hydrogens (tertiary/aromatic N) is 1. The monoisotopic (exact) mass is 291 g/mol. The lowest BCUT2D eigenvalue weighted by Gasteiger charge is -2.28. The van der Waals surface area contributed by atoms with Gasteiger partial charge in [-0.3, -0.25) is 20.0 Å². The van der Waals surface area contributed by atoms with Gasteiger partial charge in [0.05, 0.1) is 5.69 Å². The lowest BCUT2D eigenvalue weighted by molar-refractivity contribution is -0.129. The molecular formula is C16H25N3O2. The minimum absolute atomic E-state index is 0.0191. The first-order valence-electron chi connectivity index (χ1n) is 7.27. The third kappa shape index (κ3) is 5.10. The number of hydrogen-bond acceptors (Lipinski definition) is 3. The number of nitrogens with one attached hydrogen (secondary N) is 2. The van der Waals surface area contributed by atoms with E-state index >= 15 is 0 Å². The standard InChI is InChI=1S/C16H25N3O2/c1-6-19(14-9-7-12(4)8-10-14)18-16(21)15(11(2)3)17-13(5)20/h7-11,15H,6H2,1-5H3,(H,17,20)(H,18,21)/t15-/m1/s1. The van der Waals surface area contributed by atoms with Crippen LogP contribution in [0.3, 0.4) is 0 Å². The molecule has 1 atom stereocenters. The second-order valence-electron chi connectivity index (χ2n) is 5.48. The van der Waals surface area contributed by atoms with Crippen LogP contribution in [0.2, 0.25) is 0 Å². The molecule has 0 unspecified atom stereocenters. The summed E-state index contributed by atoms with van der Waals surface area (Å²) in [4.78, 5) is 23.6. The lowest BCUT2D eigenvalue weighted by Crippen LogP contribution is -2.54. The molecule has 0 heterocycles. The third-order valence-electron chi connectivity index (χ3n) is 3.21. The maximum absolute atomic E-state index is 12.4. The summed E-state index contributed by atoms with van der Waals surface area (Å²) in [6, 6.07) is 7.38. The molecule has 2 amide bonds. The Balaban J connectivity index is 2.81. The van der Waals surface area contributed by atoms with E-state index in [-0.39, 0.29) is 17.7 Å². The highest BCUT2D eigenvalue weighted by molar-refractivity contribution is 5.88. The predicted octanol–water partition coefficient (Wildman–Crippen LogP) is 2.01. The summed E-state index contributed by atoms with van der Waals surface area (Å²) in [5.74, 6) is -0.393. The minimum Gasteiger partial charge on any atom is -0.344 e. The van der Waals surface area contributed by atoms with Crippen molar-refractivity contribution in [2.24, 2.45) is 5.92 Å². The van der Waals surface area contributed by atoms with Crippen molar-refractivity contribution in [2.45, 2.75) is 40.7 Å². The van der Waals surface area contributed by atoms with Crippen LogP contribution in [0.5, 0.6) is 0 Å². The van der Waals surface area contributed by atoms with Gasteiger partial charge in [0.2, 0.25) is 5.91 Å². The molecule has 0 saturated heterocycles. The van der Waals surface area contributed by atoms with Gasteiger partial charge in [0, 0.05) is 13.5 Å². The van der Waals surface area contributed by atoms with Gasteiger partial charge >= 0.3 is 0 Å². The highest BCUT2D eigenvalue weighted by atomic mass is 16.2. The second kappa shape index (κ2) is 7.67. The molecular weight excluding hydrogens is 266 g/mol. The molecule has 5 nitrogen and oxygen atoms in total. The molecule has 0 saturated carbocycles. The largest absolute Gasteiger partial charge is 0.344 e. The van der Waals surface area contributed by atoms with E-state index in [2.05, 4.69) is 10.7 Å². The van der Waals surface area contributed by atoms with Gasteiger partial charge in [-0.1, -0.05) is 31.5 Å². The summed E-state index contributed by atoms with van der Waals surface area (Å²) in [5, 5.41) is 4.47. The van der Waals surface area contributed by atoms with Crippen LogP contribution in [-0.2, 0) is 9.59 Å². The van der Waals surface area contributed by atoms with E-state index in [1.165, 1.54) is 12.5 Å². The fourth-order valence-electron chi connectivity index (χ4n) is 2.01. The molecule has 0 aliphatic carbocycles. The number of carbonyl (C=O) groups excluding carboxylic acids is 2. The van der Waals surface area contributed by atoms with E-state index in [0.29, 0.717) is 6.54 Å². The maximum atomic E-state index is 12.4. The predicted molar refractivity (Wildman–Crippen MR) is 84.8 cm³/mol. The van der Waals surface area contributed by atoms with Gasteiger partial charge in [0.25, 0.3) is 5.91 Å². The number of hydrazine groups is 1. The number of benzene rings is 1. The highest BCUT2D eigenvalue weighted by Crippen LogP contribution is 2.13. The molecule has 0 aliphatic heterocycles. The molecule has 0 aromatic heterocycles. The van der Waals surface area contributed by atoms with E-state index in [1.807, 2.05) is 52.0 Å². The zero-order valence-electron chi connectivity index (χ0n) is 13.4. The number of rotatable bonds is 6. The quantitative estimate of drug-likeness (QED) is 0.788. The van der Waals surface area contributed by atoms with Crippen LogP contribution in [0.1, 0.15) is 33.3 Å². The van der Waals surface area contributed by atoms with Crippen LogP contribution in [-0.4, -0.2) is 24.4 Å². The Morgan fingerprint density at radius 2 is 1.76 bits per heavy atom. The molecule has 1 aromatic rings. The Morgan fingerprint density at radius 3 is 2.19 bits per heavy atom. The fraction of sp³-hybridized carbons (Fsp3) is 0.500. The van der Waals surface area contributed by atoms with Crippen molar-refractivity contribution in [2.75, 3.05) is 11.6 Å². The van der Waals surface area contributed by atoms with Crippen molar-refractivity contribution >= 4 is 17.5 Å². The van der Waals surface area contributed by atoms with Crippen molar-refractivity contribution in [3.05, 3.63) is 29.8 Å². The number of carbonyl (C=O) groups is 2. The van der Waals surface area contributed by atoms with Crippen molar-refractivity contribution in [3.63, 3.8) is 0 Å². The van der Waals surface area contributed by atoms with E-state index in [0.717, 1.165) is 5.69 Å². The highest BCUT2D eigenvalue weighted by Gasteiger charge is 2.24. The Labute approximate surface area is 126 Å². The second-order valence-corrected chi connectivity index (χ2v) is 5.48. The molecule has 116 valence electrons. The molecule has 1 aromatic carbocycles. The van der Waals surface area contributed by atoms with Gasteiger partial charge < -0.3 is 5.32 Å². The first-order chi connectivity index (χ1) is 9.85. The van der Waals surface area contributed by atoms with E-state index in [1.54, 1.807) is 5.01 Å². The van der Waals surface area contributed by atoms with Gasteiger partial charge in [-0.25, -0.2) is 0 Å². The molecule has 0 spiro atoms. The van der Waals surface area contributed by atoms with Crippen LogP contribution in [0.25, 0.3) is 0 Å². The molecule has 0 fully saturated rings. The third-order valence-corrected chi connectivity index (χ3v) is 3.21. The van der Waals surface area contributed by atoms with Gasteiger partial charge in [-0.2, -0.15) is 0 Å². The van der Waals surface area contributed by atoms with Crippen LogP contribution in [0.4, 0.5) is 5.69 Å². The van der Waals surface area contributed by atoms with E-state index in [9.17, 15) is 9.59 Å². The van der Waals surface area contributed by atoms with Crippen LogP contribution in [0, 0.1) is 12.8 Å². The molecule has 1 rings (SSSR count).